The Morgan fingerprint density at radius 3 is 2.73 bits per heavy atom. The normalized spacial score (nSPS) is 13.1. The largest absolute Gasteiger partial charge is 0.247 e. The number of benzene rings is 1. The van der Waals surface area contributed by atoms with Crippen molar-refractivity contribution in [1.82, 2.24) is 0 Å². The second-order valence-electron chi connectivity index (χ2n) is 3.20. The zero-order valence-corrected chi connectivity index (χ0v) is 8.96. The van der Waals surface area contributed by atoms with Crippen LogP contribution in [0.1, 0.15) is 12.5 Å². The fourth-order valence-electron chi connectivity index (χ4n) is 1.16. The van der Waals surface area contributed by atoms with Gasteiger partial charge in [-0.25, -0.2) is 12.8 Å². The van der Waals surface area contributed by atoms with Gasteiger partial charge >= 0.3 is 0 Å². The average Bonchev–Trinajstić information content (AvgIpc) is 2.16. The van der Waals surface area contributed by atoms with Crippen molar-refractivity contribution in [2.45, 2.75) is 18.0 Å². The van der Waals surface area contributed by atoms with Gasteiger partial charge in [-0.2, -0.15) is 5.26 Å². The summed E-state index contributed by atoms with van der Waals surface area (Å²) in [5.41, 5.74) is 0.252. The topological polar surface area (TPSA) is 57.9 Å². The molecule has 1 aromatic carbocycles. The third-order valence-corrected chi connectivity index (χ3v) is 3.64. The third kappa shape index (κ3) is 3.03. The molecule has 0 N–H and O–H groups in total. The van der Waals surface area contributed by atoms with Gasteiger partial charge in [-0.3, -0.25) is 0 Å². The van der Waals surface area contributed by atoms with Gasteiger partial charge in [-0.05, 0) is 25.1 Å². The molecule has 0 amide bonds. The minimum absolute atomic E-state index is 0.00829. The molecule has 0 heterocycles. The molecule has 15 heavy (non-hydrogen) atoms. The van der Waals surface area contributed by atoms with Crippen LogP contribution in [0, 0.1) is 11.3 Å². The first kappa shape index (κ1) is 11.7. The Kier molecular flexibility index (Phi) is 3.43. The molecule has 0 spiro atoms. The molecule has 1 atom stereocenters. The van der Waals surface area contributed by atoms with Crippen molar-refractivity contribution in [1.29, 1.82) is 5.26 Å². The molecule has 1 aromatic rings. The lowest BCUT2D eigenvalue weighted by atomic mass is 10.2. The summed E-state index contributed by atoms with van der Waals surface area (Å²) in [5, 5.41) is 8.59. The Balaban J connectivity index is 3.11. The molecule has 0 aromatic heterocycles. The molecule has 1 rings (SSSR count). The lowest BCUT2D eigenvalue weighted by Crippen LogP contribution is -2.14. The number of hydrogen-bond acceptors (Lipinski definition) is 3. The highest BCUT2D eigenvalue weighted by molar-refractivity contribution is 7.91. The van der Waals surface area contributed by atoms with Gasteiger partial charge < -0.3 is 0 Å². The van der Waals surface area contributed by atoms with Crippen LogP contribution in [0.4, 0.5) is 4.39 Å². The van der Waals surface area contributed by atoms with Crippen molar-refractivity contribution in [3.63, 3.8) is 0 Å². The fourth-order valence-corrected chi connectivity index (χ4v) is 2.55. The predicted octanol–water partition coefficient (Wildman–Crippen LogP) is 1.69. The van der Waals surface area contributed by atoms with E-state index >= 15 is 0 Å². The SMILES string of the molecule is CC(F)CS(=O)(=O)c1cccc(C#N)c1. The summed E-state index contributed by atoms with van der Waals surface area (Å²) in [6.07, 6.45) is -1.42. The van der Waals surface area contributed by atoms with E-state index in [4.69, 9.17) is 5.26 Å². The van der Waals surface area contributed by atoms with Gasteiger partial charge in [0.15, 0.2) is 9.84 Å². The quantitative estimate of drug-likeness (QED) is 0.789. The second kappa shape index (κ2) is 4.41. The third-order valence-electron chi connectivity index (χ3n) is 1.77. The standard InChI is InChI=1S/C10H10FNO2S/c1-8(11)7-15(13,14)10-4-2-3-9(5-10)6-12/h2-5,8H,7H2,1H3. The molecule has 1 unspecified atom stereocenters. The van der Waals surface area contributed by atoms with Crippen molar-refractivity contribution < 1.29 is 12.8 Å². The second-order valence-corrected chi connectivity index (χ2v) is 5.24. The van der Waals surface area contributed by atoms with Crippen LogP contribution >= 0.6 is 0 Å². The molecule has 0 aliphatic carbocycles. The number of alkyl halides is 1. The molecule has 0 radical (unpaired) electrons. The predicted molar refractivity (Wildman–Crippen MR) is 53.8 cm³/mol. The van der Waals surface area contributed by atoms with E-state index < -0.39 is 21.8 Å². The maximum absolute atomic E-state index is 12.6. The smallest absolute Gasteiger partial charge is 0.181 e. The number of halogens is 1. The van der Waals surface area contributed by atoms with Gasteiger partial charge in [0.25, 0.3) is 0 Å². The minimum Gasteiger partial charge on any atom is -0.247 e. The highest BCUT2D eigenvalue weighted by Crippen LogP contribution is 2.14. The van der Waals surface area contributed by atoms with Gasteiger partial charge in [-0.1, -0.05) is 6.07 Å². The van der Waals surface area contributed by atoms with Crippen LogP contribution in [0.25, 0.3) is 0 Å². The van der Waals surface area contributed by atoms with Crippen molar-refractivity contribution in [3.05, 3.63) is 29.8 Å². The van der Waals surface area contributed by atoms with Crippen LogP contribution < -0.4 is 0 Å². The molecule has 0 saturated heterocycles. The van der Waals surface area contributed by atoms with Crippen LogP contribution in [-0.2, 0) is 9.84 Å². The van der Waals surface area contributed by atoms with Crippen molar-refractivity contribution >= 4 is 9.84 Å². The van der Waals surface area contributed by atoms with Crippen molar-refractivity contribution in [2.24, 2.45) is 0 Å². The molecule has 0 fully saturated rings. The lowest BCUT2D eigenvalue weighted by Gasteiger charge is -2.04. The van der Waals surface area contributed by atoms with Crippen LogP contribution in [0.2, 0.25) is 0 Å². The number of nitriles is 1. The van der Waals surface area contributed by atoms with Gasteiger partial charge in [0.2, 0.25) is 0 Å². The molecule has 0 saturated carbocycles. The zero-order valence-electron chi connectivity index (χ0n) is 8.14. The van der Waals surface area contributed by atoms with Crippen molar-refractivity contribution in [2.75, 3.05) is 5.75 Å². The minimum atomic E-state index is -3.62. The summed E-state index contributed by atoms with van der Waals surface area (Å²) in [6, 6.07) is 7.41. The van der Waals surface area contributed by atoms with Crippen LogP contribution in [-0.4, -0.2) is 20.3 Å². The summed E-state index contributed by atoms with van der Waals surface area (Å²) < 4.78 is 35.7. The molecule has 5 heteroatoms. The van der Waals surface area contributed by atoms with Gasteiger partial charge in [-0.15, -0.1) is 0 Å². The Labute approximate surface area is 88.1 Å². The summed E-state index contributed by atoms with van der Waals surface area (Å²) in [4.78, 5) is -0.00829. The molecule has 80 valence electrons. The maximum Gasteiger partial charge on any atom is 0.181 e. The summed E-state index contributed by atoms with van der Waals surface area (Å²) >= 11 is 0. The molecular weight excluding hydrogens is 217 g/mol. The van der Waals surface area contributed by atoms with E-state index in [9.17, 15) is 12.8 Å². The van der Waals surface area contributed by atoms with Crippen LogP contribution in [0.15, 0.2) is 29.2 Å². The number of hydrogen-bond donors (Lipinski definition) is 0. The Hall–Kier alpha value is -1.41. The first-order valence-electron chi connectivity index (χ1n) is 4.32. The highest BCUT2D eigenvalue weighted by atomic mass is 32.2. The number of rotatable bonds is 3. The number of sulfone groups is 1. The molecule has 0 aliphatic rings. The fraction of sp³-hybridized carbons (Fsp3) is 0.300. The molecule has 3 nitrogen and oxygen atoms in total. The van der Waals surface area contributed by atoms with E-state index in [0.717, 1.165) is 0 Å². The monoisotopic (exact) mass is 227 g/mol. The molecular formula is C10H10FNO2S. The van der Waals surface area contributed by atoms with Gasteiger partial charge in [0.1, 0.15) is 6.17 Å². The first-order valence-corrected chi connectivity index (χ1v) is 5.98. The lowest BCUT2D eigenvalue weighted by molar-refractivity contribution is 0.391. The average molecular weight is 227 g/mol. The summed E-state index contributed by atoms with van der Waals surface area (Å²) in [6.45, 7) is 1.19. The van der Waals surface area contributed by atoms with Gasteiger partial charge in [0.05, 0.1) is 22.3 Å². The Morgan fingerprint density at radius 1 is 1.53 bits per heavy atom. The Bertz CT molecular complexity index is 488. The molecule has 0 bridgehead atoms. The van der Waals surface area contributed by atoms with E-state index in [1.54, 1.807) is 0 Å². The summed E-state index contributed by atoms with van der Waals surface area (Å²) in [5.74, 6) is -0.554. The van der Waals surface area contributed by atoms with E-state index in [-0.39, 0.29) is 10.5 Å². The van der Waals surface area contributed by atoms with E-state index in [1.807, 2.05) is 6.07 Å². The van der Waals surface area contributed by atoms with Gasteiger partial charge in [0, 0.05) is 0 Å². The van der Waals surface area contributed by atoms with Crippen LogP contribution in [0.3, 0.4) is 0 Å². The number of nitrogens with zero attached hydrogens (tertiary/aromatic N) is 1. The van der Waals surface area contributed by atoms with E-state index in [1.165, 1.54) is 31.2 Å². The first-order chi connectivity index (χ1) is 6.95. The van der Waals surface area contributed by atoms with E-state index in [2.05, 4.69) is 0 Å². The summed E-state index contributed by atoms with van der Waals surface area (Å²) in [7, 11) is -3.62. The van der Waals surface area contributed by atoms with Crippen molar-refractivity contribution in [3.8, 4) is 6.07 Å². The van der Waals surface area contributed by atoms with Crippen LogP contribution in [0.5, 0.6) is 0 Å². The Morgan fingerprint density at radius 2 is 2.20 bits per heavy atom. The highest BCUT2D eigenvalue weighted by Gasteiger charge is 2.18. The van der Waals surface area contributed by atoms with E-state index in [0.29, 0.717) is 0 Å². The molecule has 0 aliphatic heterocycles. The zero-order chi connectivity index (χ0) is 11.5. The maximum atomic E-state index is 12.6.